The Morgan fingerprint density at radius 1 is 0.500 bits per heavy atom. The molecule has 0 saturated carbocycles. The Morgan fingerprint density at radius 2 is 0.827 bits per heavy atom. The summed E-state index contributed by atoms with van der Waals surface area (Å²) in [5.74, 6) is -2.62. The molecule has 1 N–H and O–H groups in total. The molecule has 0 saturated heterocycles. The molecule has 270 valence electrons. The minimum absolute atomic E-state index is 0.0558. The summed E-state index contributed by atoms with van der Waals surface area (Å²) in [5, 5.41) is 18.5. The van der Waals surface area contributed by atoms with E-state index in [9.17, 15) is 19.5 Å². The fraction of sp³-hybridized carbons (Fsp3) is 0.326. The van der Waals surface area contributed by atoms with Crippen LogP contribution in [0.25, 0.3) is 43.1 Å². The molecule has 52 heavy (non-hydrogen) atoms. The summed E-state index contributed by atoms with van der Waals surface area (Å²) in [4.78, 5) is 36.6. The molecule has 0 heterocycles. The van der Waals surface area contributed by atoms with Crippen LogP contribution >= 0.6 is 0 Å². The molecule has 6 aromatic carbocycles. The van der Waals surface area contributed by atoms with Crippen molar-refractivity contribution in [3.8, 4) is 0 Å². The van der Waals surface area contributed by atoms with Crippen molar-refractivity contribution in [2.45, 2.75) is 61.7 Å². The zero-order chi connectivity index (χ0) is 37.5. The van der Waals surface area contributed by atoms with E-state index in [2.05, 4.69) is 48.5 Å². The lowest BCUT2D eigenvalue weighted by Crippen LogP contribution is -2.34. The second kappa shape index (κ2) is 16.9. The minimum Gasteiger partial charge on any atom is -0.481 e. The van der Waals surface area contributed by atoms with E-state index in [1.807, 2.05) is 102 Å². The average Bonchev–Trinajstić information content (AvgIpc) is 3.13. The molecule has 0 aliphatic rings. The lowest BCUT2D eigenvalue weighted by molar-refractivity contribution is -0.155. The van der Waals surface area contributed by atoms with Crippen molar-refractivity contribution in [2.24, 2.45) is 35.5 Å². The minimum atomic E-state index is -0.868. The van der Waals surface area contributed by atoms with Gasteiger partial charge in [0.2, 0.25) is 0 Å². The largest absolute Gasteiger partial charge is 0.481 e. The number of esters is 2. The van der Waals surface area contributed by atoms with Crippen LogP contribution in [0.5, 0.6) is 0 Å². The van der Waals surface area contributed by atoms with E-state index in [0.717, 1.165) is 43.4 Å². The standard InChI is InChI=1S/C25H28O4.C21H22O2/c1-15(2)23(24(26)27)16(3)17(4)25(28)29-14-22-20-11-7-5-9-18(20)13-19-10-6-8-12-21(19)22;1-14(2)15(3)21(22)23-13-20-18-10-6-4-8-16(18)12-17-9-5-7-11-19(17)20/h5-13,15-17,23H,14H2,1-4H3,(H,26,27);4-12,14-15H,13H2,1-3H3. The lowest BCUT2D eigenvalue weighted by Gasteiger charge is -2.27. The van der Waals surface area contributed by atoms with Crippen molar-refractivity contribution in [2.75, 3.05) is 0 Å². The number of carboxylic acid groups (broad SMARTS) is 1. The number of rotatable bonds is 11. The van der Waals surface area contributed by atoms with Crippen LogP contribution in [0.15, 0.2) is 109 Å². The SMILES string of the molecule is CC(C)C(C(=O)O)C(C)C(C)C(=O)OCc1c2ccccc2cc2ccccc12.CC(C)C(C)C(=O)OCc1c2ccccc2cc2ccccc12. The first-order valence-corrected chi connectivity index (χ1v) is 18.2. The van der Waals surface area contributed by atoms with Gasteiger partial charge in [-0.1, -0.05) is 146 Å². The fourth-order valence-corrected chi connectivity index (χ4v) is 6.99. The number of carbonyl (C=O) groups excluding carboxylic acids is 2. The quantitative estimate of drug-likeness (QED) is 0.107. The predicted octanol–water partition coefficient (Wildman–Crippen LogP) is 11.0. The summed E-state index contributed by atoms with van der Waals surface area (Å²) < 4.78 is 11.3. The van der Waals surface area contributed by atoms with Crippen molar-refractivity contribution < 1.29 is 29.0 Å². The van der Waals surface area contributed by atoms with Gasteiger partial charge in [0.05, 0.1) is 17.8 Å². The Morgan fingerprint density at radius 3 is 1.13 bits per heavy atom. The molecule has 4 unspecified atom stereocenters. The third kappa shape index (κ3) is 8.45. The summed E-state index contributed by atoms with van der Waals surface area (Å²) in [6, 6.07) is 37.0. The van der Waals surface area contributed by atoms with Gasteiger partial charge < -0.3 is 14.6 Å². The van der Waals surface area contributed by atoms with Gasteiger partial charge in [0.15, 0.2) is 0 Å². The summed E-state index contributed by atoms with van der Waals surface area (Å²) >= 11 is 0. The summed E-state index contributed by atoms with van der Waals surface area (Å²) in [7, 11) is 0. The Labute approximate surface area is 306 Å². The van der Waals surface area contributed by atoms with Crippen LogP contribution < -0.4 is 0 Å². The van der Waals surface area contributed by atoms with E-state index in [1.54, 1.807) is 6.92 Å². The molecular formula is C46H50O6. The van der Waals surface area contributed by atoms with Crippen LogP contribution in [0.2, 0.25) is 0 Å². The van der Waals surface area contributed by atoms with Gasteiger partial charge in [-0.05, 0) is 73.0 Å². The smallest absolute Gasteiger partial charge is 0.309 e. The summed E-state index contributed by atoms with van der Waals surface area (Å²) in [5.41, 5.74) is 2.06. The molecule has 0 bridgehead atoms. The second-order valence-electron chi connectivity index (χ2n) is 14.6. The zero-order valence-electron chi connectivity index (χ0n) is 31.3. The Balaban J connectivity index is 0.000000206. The molecule has 0 aliphatic carbocycles. The maximum absolute atomic E-state index is 12.8. The maximum atomic E-state index is 12.8. The Kier molecular flexibility index (Phi) is 12.3. The molecule has 0 amide bonds. The lowest BCUT2D eigenvalue weighted by atomic mass is 9.78. The van der Waals surface area contributed by atoms with Crippen molar-refractivity contribution in [3.63, 3.8) is 0 Å². The molecule has 0 aliphatic heterocycles. The number of carbonyl (C=O) groups is 3. The highest BCUT2D eigenvalue weighted by molar-refractivity contribution is 6.03. The number of ether oxygens (including phenoxy) is 2. The molecule has 6 heteroatoms. The van der Waals surface area contributed by atoms with Crippen molar-refractivity contribution in [1.29, 1.82) is 0 Å². The highest BCUT2D eigenvalue weighted by Gasteiger charge is 2.35. The van der Waals surface area contributed by atoms with Gasteiger partial charge in [-0.25, -0.2) is 0 Å². The number of aliphatic carboxylic acids is 1. The molecule has 6 aromatic rings. The van der Waals surface area contributed by atoms with Gasteiger partial charge in [0.25, 0.3) is 0 Å². The molecule has 0 fully saturated rings. The van der Waals surface area contributed by atoms with E-state index >= 15 is 0 Å². The van der Waals surface area contributed by atoms with E-state index in [1.165, 1.54) is 10.8 Å². The van der Waals surface area contributed by atoms with Crippen LogP contribution in [0, 0.1) is 35.5 Å². The number of benzene rings is 6. The summed E-state index contributed by atoms with van der Waals surface area (Å²) in [6.07, 6.45) is 0. The molecular weight excluding hydrogens is 649 g/mol. The molecule has 0 spiro atoms. The molecule has 0 aromatic heterocycles. The van der Waals surface area contributed by atoms with E-state index in [-0.39, 0.29) is 42.2 Å². The third-order valence-corrected chi connectivity index (χ3v) is 10.6. The summed E-state index contributed by atoms with van der Waals surface area (Å²) in [6.45, 7) is 13.8. The monoisotopic (exact) mass is 698 g/mol. The van der Waals surface area contributed by atoms with E-state index in [0.29, 0.717) is 6.61 Å². The van der Waals surface area contributed by atoms with Gasteiger partial charge in [-0.2, -0.15) is 0 Å². The van der Waals surface area contributed by atoms with Crippen LogP contribution in [0.4, 0.5) is 0 Å². The highest BCUT2D eigenvalue weighted by Crippen LogP contribution is 2.32. The van der Waals surface area contributed by atoms with Gasteiger partial charge in [-0.15, -0.1) is 0 Å². The highest BCUT2D eigenvalue weighted by atomic mass is 16.5. The van der Waals surface area contributed by atoms with Gasteiger partial charge in [0, 0.05) is 11.1 Å². The molecule has 6 rings (SSSR count). The number of carboxylic acids is 1. The van der Waals surface area contributed by atoms with Crippen LogP contribution in [0.1, 0.15) is 59.6 Å². The van der Waals surface area contributed by atoms with Crippen LogP contribution in [-0.4, -0.2) is 23.0 Å². The number of hydrogen-bond acceptors (Lipinski definition) is 5. The van der Waals surface area contributed by atoms with Gasteiger partial charge >= 0.3 is 17.9 Å². The van der Waals surface area contributed by atoms with Crippen LogP contribution in [0.3, 0.4) is 0 Å². The average molecular weight is 699 g/mol. The van der Waals surface area contributed by atoms with Crippen molar-refractivity contribution in [3.05, 3.63) is 120 Å². The zero-order valence-corrected chi connectivity index (χ0v) is 31.3. The first kappa shape index (κ1) is 38.0. The number of hydrogen-bond donors (Lipinski definition) is 1. The third-order valence-electron chi connectivity index (χ3n) is 10.6. The van der Waals surface area contributed by atoms with Crippen LogP contribution in [-0.2, 0) is 37.1 Å². The molecule has 0 radical (unpaired) electrons. The fourth-order valence-electron chi connectivity index (χ4n) is 6.99. The van der Waals surface area contributed by atoms with Gasteiger partial charge in [-0.3, -0.25) is 14.4 Å². The molecule has 6 nitrogen and oxygen atoms in total. The number of fused-ring (bicyclic) bond motifs is 4. The predicted molar refractivity (Wildman–Crippen MR) is 211 cm³/mol. The first-order chi connectivity index (χ1) is 24.9. The topological polar surface area (TPSA) is 89.9 Å². The van der Waals surface area contributed by atoms with Crippen molar-refractivity contribution >= 4 is 61.0 Å². The second-order valence-corrected chi connectivity index (χ2v) is 14.6. The molecule has 4 atom stereocenters. The van der Waals surface area contributed by atoms with E-state index < -0.39 is 17.8 Å². The first-order valence-electron chi connectivity index (χ1n) is 18.2. The van der Waals surface area contributed by atoms with E-state index in [4.69, 9.17) is 9.47 Å². The van der Waals surface area contributed by atoms with Gasteiger partial charge in [0.1, 0.15) is 13.2 Å². The Bertz CT molecular complexity index is 2090. The normalized spacial score (nSPS) is 13.8. The Hall–Kier alpha value is -5.23. The van der Waals surface area contributed by atoms with Crippen molar-refractivity contribution in [1.82, 2.24) is 0 Å². The maximum Gasteiger partial charge on any atom is 0.309 e.